The number of hydrogen-bond donors (Lipinski definition) is 2. The summed E-state index contributed by atoms with van der Waals surface area (Å²) < 4.78 is 4.73. The minimum absolute atomic E-state index is 0.263. The molecule has 2 atom stereocenters. The zero-order chi connectivity index (χ0) is 12.8. The van der Waals surface area contributed by atoms with Gasteiger partial charge in [-0.05, 0) is 25.7 Å². The Morgan fingerprint density at radius 3 is 2.44 bits per heavy atom. The zero-order valence-electron chi connectivity index (χ0n) is 11.0. The monoisotopic (exact) mass is 231 g/mol. The van der Waals surface area contributed by atoms with Gasteiger partial charge in [0.2, 0.25) is 0 Å². The summed E-state index contributed by atoms with van der Waals surface area (Å²) in [5, 5.41) is 12.9. The third-order valence-electron chi connectivity index (χ3n) is 2.68. The largest absolute Gasteiger partial charge is 0.468 e. The van der Waals surface area contributed by atoms with Crippen LogP contribution < -0.4 is 5.32 Å². The van der Waals surface area contributed by atoms with E-state index >= 15 is 0 Å². The first-order valence-electron chi connectivity index (χ1n) is 5.86. The van der Waals surface area contributed by atoms with Crippen molar-refractivity contribution in [2.75, 3.05) is 13.7 Å². The molecule has 0 aliphatic carbocycles. The number of carbonyl (C=O) groups is 1. The Bertz CT molecular complexity index is 214. The van der Waals surface area contributed by atoms with Crippen LogP contribution in [-0.4, -0.2) is 36.4 Å². The molecule has 2 N–H and O–H groups in total. The predicted molar refractivity (Wildman–Crippen MR) is 64.2 cm³/mol. The molecule has 0 rings (SSSR count). The van der Waals surface area contributed by atoms with Gasteiger partial charge in [0.05, 0.1) is 12.7 Å². The van der Waals surface area contributed by atoms with Gasteiger partial charge in [-0.15, -0.1) is 0 Å². The number of aliphatic hydroxyl groups is 1. The van der Waals surface area contributed by atoms with Crippen LogP contribution in [0, 0.1) is 5.92 Å². The van der Waals surface area contributed by atoms with Gasteiger partial charge in [-0.1, -0.05) is 20.8 Å². The summed E-state index contributed by atoms with van der Waals surface area (Å²) in [5.41, 5.74) is -0.775. The van der Waals surface area contributed by atoms with Gasteiger partial charge in [0, 0.05) is 6.54 Å². The maximum Gasteiger partial charge on any atom is 0.322 e. The Morgan fingerprint density at radius 2 is 2.06 bits per heavy atom. The fourth-order valence-electron chi connectivity index (χ4n) is 1.34. The molecule has 16 heavy (non-hydrogen) atoms. The highest BCUT2D eigenvalue weighted by molar-refractivity contribution is 5.75. The van der Waals surface area contributed by atoms with E-state index in [0.29, 0.717) is 25.3 Å². The second-order valence-electron chi connectivity index (χ2n) is 4.94. The van der Waals surface area contributed by atoms with Crippen LogP contribution in [0.15, 0.2) is 0 Å². The SMILES string of the molecule is CCC(C)(O)CNC(CC(C)C)C(=O)OC. The summed E-state index contributed by atoms with van der Waals surface area (Å²) in [6.07, 6.45) is 1.36. The van der Waals surface area contributed by atoms with Crippen LogP contribution in [0.4, 0.5) is 0 Å². The van der Waals surface area contributed by atoms with E-state index in [4.69, 9.17) is 4.74 Å². The van der Waals surface area contributed by atoms with Crippen molar-refractivity contribution in [2.24, 2.45) is 5.92 Å². The molecule has 0 aromatic carbocycles. The molecular formula is C12H25NO3. The van der Waals surface area contributed by atoms with Crippen LogP contribution in [0.3, 0.4) is 0 Å². The first kappa shape index (κ1) is 15.4. The van der Waals surface area contributed by atoms with E-state index in [1.807, 2.05) is 6.92 Å². The Kier molecular flexibility index (Phi) is 6.60. The lowest BCUT2D eigenvalue weighted by Crippen LogP contribution is -2.46. The van der Waals surface area contributed by atoms with E-state index in [-0.39, 0.29) is 12.0 Å². The molecule has 96 valence electrons. The predicted octanol–water partition coefficient (Wildman–Crippen LogP) is 1.32. The molecule has 0 saturated heterocycles. The van der Waals surface area contributed by atoms with Crippen molar-refractivity contribution in [3.05, 3.63) is 0 Å². The molecule has 0 spiro atoms. The van der Waals surface area contributed by atoms with Crippen molar-refractivity contribution in [3.8, 4) is 0 Å². The summed E-state index contributed by atoms with van der Waals surface area (Å²) in [6.45, 7) is 8.17. The normalized spacial score (nSPS) is 16.9. The highest BCUT2D eigenvalue weighted by atomic mass is 16.5. The summed E-state index contributed by atoms with van der Waals surface area (Å²) in [7, 11) is 1.38. The van der Waals surface area contributed by atoms with Crippen molar-refractivity contribution in [2.45, 2.75) is 52.2 Å². The van der Waals surface area contributed by atoms with Crippen molar-refractivity contribution in [1.82, 2.24) is 5.32 Å². The second kappa shape index (κ2) is 6.86. The Balaban J connectivity index is 4.27. The second-order valence-corrected chi connectivity index (χ2v) is 4.94. The topological polar surface area (TPSA) is 58.6 Å². The van der Waals surface area contributed by atoms with Gasteiger partial charge < -0.3 is 15.2 Å². The van der Waals surface area contributed by atoms with Crippen molar-refractivity contribution < 1.29 is 14.6 Å². The van der Waals surface area contributed by atoms with Gasteiger partial charge in [-0.25, -0.2) is 0 Å². The zero-order valence-corrected chi connectivity index (χ0v) is 11.0. The molecule has 4 heteroatoms. The van der Waals surface area contributed by atoms with Gasteiger partial charge in [-0.2, -0.15) is 0 Å². The average molecular weight is 231 g/mol. The molecule has 0 aliphatic rings. The fourth-order valence-corrected chi connectivity index (χ4v) is 1.34. The quantitative estimate of drug-likeness (QED) is 0.649. The number of rotatable bonds is 7. The lowest BCUT2D eigenvalue weighted by atomic mass is 10.0. The van der Waals surface area contributed by atoms with Crippen molar-refractivity contribution in [3.63, 3.8) is 0 Å². The minimum atomic E-state index is -0.775. The Morgan fingerprint density at radius 1 is 1.50 bits per heavy atom. The van der Waals surface area contributed by atoms with Crippen LogP contribution in [0.1, 0.15) is 40.5 Å². The maximum atomic E-state index is 11.5. The number of carbonyl (C=O) groups excluding carboxylic acids is 1. The Labute approximate surface area is 98.4 Å². The van der Waals surface area contributed by atoms with Gasteiger partial charge in [0.15, 0.2) is 0 Å². The molecule has 0 aliphatic heterocycles. The lowest BCUT2D eigenvalue weighted by Gasteiger charge is -2.25. The molecule has 0 amide bonds. The van der Waals surface area contributed by atoms with E-state index in [1.165, 1.54) is 7.11 Å². The molecule has 0 aromatic rings. The molecule has 0 saturated carbocycles. The summed E-state index contributed by atoms with van der Waals surface area (Å²) >= 11 is 0. The van der Waals surface area contributed by atoms with Gasteiger partial charge >= 0.3 is 5.97 Å². The van der Waals surface area contributed by atoms with Gasteiger partial charge in [-0.3, -0.25) is 4.79 Å². The minimum Gasteiger partial charge on any atom is -0.468 e. The molecule has 0 fully saturated rings. The van der Waals surface area contributed by atoms with E-state index in [9.17, 15) is 9.90 Å². The molecule has 0 aromatic heterocycles. The van der Waals surface area contributed by atoms with E-state index < -0.39 is 5.60 Å². The van der Waals surface area contributed by atoms with Crippen LogP contribution in [-0.2, 0) is 9.53 Å². The molecule has 0 radical (unpaired) electrons. The molecule has 4 nitrogen and oxygen atoms in total. The Hall–Kier alpha value is -0.610. The van der Waals surface area contributed by atoms with Crippen LogP contribution >= 0.6 is 0 Å². The third-order valence-corrected chi connectivity index (χ3v) is 2.68. The lowest BCUT2D eigenvalue weighted by molar-refractivity contribution is -0.143. The van der Waals surface area contributed by atoms with Crippen molar-refractivity contribution >= 4 is 5.97 Å². The number of methoxy groups -OCH3 is 1. The first-order valence-corrected chi connectivity index (χ1v) is 5.86. The van der Waals surface area contributed by atoms with Crippen LogP contribution in [0.2, 0.25) is 0 Å². The smallest absolute Gasteiger partial charge is 0.322 e. The highest BCUT2D eigenvalue weighted by Crippen LogP contribution is 2.10. The summed E-state index contributed by atoms with van der Waals surface area (Å²) in [5.74, 6) is 0.142. The number of hydrogen-bond acceptors (Lipinski definition) is 4. The first-order chi connectivity index (χ1) is 7.32. The number of ether oxygens (including phenoxy) is 1. The standard InChI is InChI=1S/C12H25NO3/c1-6-12(4,15)8-13-10(7-9(2)3)11(14)16-5/h9-10,13,15H,6-8H2,1-5H3. The van der Waals surface area contributed by atoms with E-state index in [1.54, 1.807) is 6.92 Å². The van der Waals surface area contributed by atoms with Crippen LogP contribution in [0.25, 0.3) is 0 Å². The summed E-state index contributed by atoms with van der Waals surface area (Å²) in [6, 6.07) is -0.331. The third kappa shape index (κ3) is 6.08. The van der Waals surface area contributed by atoms with Crippen molar-refractivity contribution in [1.29, 1.82) is 0 Å². The number of esters is 1. The molecular weight excluding hydrogens is 206 g/mol. The van der Waals surface area contributed by atoms with Crippen LogP contribution in [0.5, 0.6) is 0 Å². The average Bonchev–Trinajstić information content (AvgIpc) is 2.22. The van der Waals surface area contributed by atoms with E-state index in [0.717, 1.165) is 0 Å². The van der Waals surface area contributed by atoms with E-state index in [2.05, 4.69) is 19.2 Å². The maximum absolute atomic E-state index is 11.5. The fraction of sp³-hybridized carbons (Fsp3) is 0.917. The molecule has 0 heterocycles. The van der Waals surface area contributed by atoms with Gasteiger partial charge in [0.1, 0.15) is 6.04 Å². The number of nitrogens with one attached hydrogen (secondary N) is 1. The molecule has 0 bridgehead atoms. The summed E-state index contributed by atoms with van der Waals surface area (Å²) in [4.78, 5) is 11.5. The highest BCUT2D eigenvalue weighted by Gasteiger charge is 2.24. The molecule has 2 unspecified atom stereocenters. The van der Waals surface area contributed by atoms with Gasteiger partial charge in [0.25, 0.3) is 0 Å².